The predicted molar refractivity (Wildman–Crippen MR) is 146 cm³/mol. The number of piperidine rings is 1. The molecular weight excluding hydrogens is 494 g/mol. The molecule has 8 heteroatoms. The van der Waals surface area contributed by atoms with Crippen molar-refractivity contribution < 1.29 is 23.9 Å². The van der Waals surface area contributed by atoms with E-state index in [9.17, 15) is 14.4 Å². The molecule has 3 aromatic rings. The molecule has 0 bridgehead atoms. The van der Waals surface area contributed by atoms with Crippen LogP contribution >= 0.6 is 0 Å². The van der Waals surface area contributed by atoms with E-state index in [2.05, 4.69) is 5.32 Å². The van der Waals surface area contributed by atoms with Crippen LogP contribution in [0.5, 0.6) is 5.75 Å². The van der Waals surface area contributed by atoms with Crippen molar-refractivity contribution in [3.8, 4) is 5.75 Å². The number of carbonyl (C=O) groups is 3. The van der Waals surface area contributed by atoms with Gasteiger partial charge in [0.15, 0.2) is 0 Å². The van der Waals surface area contributed by atoms with Crippen LogP contribution in [0.1, 0.15) is 34.3 Å². The number of benzene rings is 3. The molecule has 8 nitrogen and oxygen atoms in total. The molecule has 2 fully saturated rings. The Kier molecular flexibility index (Phi) is 7.93. The highest BCUT2D eigenvalue weighted by Gasteiger charge is 2.54. The topological polar surface area (TPSA) is 88.2 Å². The van der Waals surface area contributed by atoms with Gasteiger partial charge in [0.05, 0.1) is 20.1 Å². The summed E-state index contributed by atoms with van der Waals surface area (Å²) >= 11 is 0. The van der Waals surface area contributed by atoms with E-state index in [0.717, 1.165) is 11.1 Å². The molecule has 5 rings (SSSR count). The highest BCUT2D eigenvalue weighted by Crippen LogP contribution is 2.39. The maximum absolute atomic E-state index is 13.9. The Morgan fingerprint density at radius 1 is 0.897 bits per heavy atom. The maximum Gasteiger partial charge on any atom is 0.256 e. The van der Waals surface area contributed by atoms with Crippen molar-refractivity contribution in [1.29, 1.82) is 0 Å². The first-order valence-corrected chi connectivity index (χ1v) is 13.2. The first-order valence-electron chi connectivity index (χ1n) is 13.2. The van der Waals surface area contributed by atoms with Crippen molar-refractivity contribution in [2.24, 2.45) is 0 Å². The summed E-state index contributed by atoms with van der Waals surface area (Å²) in [5.41, 5.74) is 1.42. The minimum absolute atomic E-state index is 0.0410. The van der Waals surface area contributed by atoms with E-state index < -0.39 is 11.8 Å². The average molecular weight is 528 g/mol. The number of hydrogen-bond donors (Lipinski definition) is 1. The zero-order chi connectivity index (χ0) is 27.2. The molecule has 0 aromatic heterocycles. The number of nitrogens with zero attached hydrogens (tertiary/aromatic N) is 2. The number of ether oxygens (including phenoxy) is 2. The van der Waals surface area contributed by atoms with Crippen molar-refractivity contribution in [2.75, 3.05) is 26.8 Å². The van der Waals surface area contributed by atoms with Crippen molar-refractivity contribution >= 4 is 17.7 Å². The quantitative estimate of drug-likeness (QED) is 0.509. The summed E-state index contributed by atoms with van der Waals surface area (Å²) in [5, 5.41) is 2.97. The highest BCUT2D eigenvalue weighted by molar-refractivity contribution is 5.98. The van der Waals surface area contributed by atoms with Crippen LogP contribution in [0.4, 0.5) is 0 Å². The van der Waals surface area contributed by atoms with Crippen molar-refractivity contribution in [3.63, 3.8) is 0 Å². The van der Waals surface area contributed by atoms with Gasteiger partial charge in [-0.3, -0.25) is 19.3 Å². The van der Waals surface area contributed by atoms with Gasteiger partial charge in [-0.05, 0) is 35.4 Å². The van der Waals surface area contributed by atoms with Gasteiger partial charge in [0.2, 0.25) is 11.8 Å². The summed E-state index contributed by atoms with van der Waals surface area (Å²) in [4.78, 5) is 43.7. The Morgan fingerprint density at radius 3 is 2.13 bits per heavy atom. The Morgan fingerprint density at radius 2 is 1.51 bits per heavy atom. The largest absolute Gasteiger partial charge is 0.497 e. The lowest BCUT2D eigenvalue weighted by Gasteiger charge is -2.44. The zero-order valence-corrected chi connectivity index (χ0v) is 22.0. The van der Waals surface area contributed by atoms with Gasteiger partial charge in [0.1, 0.15) is 17.5 Å². The summed E-state index contributed by atoms with van der Waals surface area (Å²) in [6, 6.07) is 25.4. The monoisotopic (exact) mass is 527 g/mol. The van der Waals surface area contributed by atoms with Crippen molar-refractivity contribution in [1.82, 2.24) is 15.1 Å². The van der Waals surface area contributed by atoms with Crippen LogP contribution in [-0.2, 0) is 27.3 Å². The fourth-order valence-electron chi connectivity index (χ4n) is 5.33. The molecule has 3 aromatic carbocycles. The standard InChI is InChI=1S/C31H33N3O5/c1-38-26-14-12-25(13-15-26)30(37)34-27(29(36)32-21-24-10-6-3-7-11-24)22-39-31(34)16-18-33(19-17-31)28(35)20-23-8-4-2-5-9-23/h2-15,27H,16-22H2,1H3,(H,32,36). The Bertz CT molecular complexity index is 1290. The van der Waals surface area contributed by atoms with Crippen LogP contribution in [-0.4, -0.2) is 66.1 Å². The Hall–Kier alpha value is -4.17. The third-order valence-electron chi connectivity index (χ3n) is 7.52. The lowest BCUT2D eigenvalue weighted by atomic mass is 9.96. The third-order valence-corrected chi connectivity index (χ3v) is 7.52. The van der Waals surface area contributed by atoms with E-state index in [1.807, 2.05) is 65.6 Å². The SMILES string of the molecule is COc1ccc(C(=O)N2C(C(=O)NCc3ccccc3)COC23CCN(C(=O)Cc2ccccc2)CC3)cc1. The number of hydrogen-bond acceptors (Lipinski definition) is 5. The van der Waals surface area contributed by atoms with Gasteiger partial charge in [0.25, 0.3) is 5.91 Å². The first-order chi connectivity index (χ1) is 19.0. The van der Waals surface area contributed by atoms with Gasteiger partial charge in [-0.25, -0.2) is 0 Å². The number of likely N-dealkylation sites (tertiary alicyclic amines) is 1. The molecule has 1 spiro atoms. The summed E-state index contributed by atoms with van der Waals surface area (Å²) in [5.74, 6) is 0.139. The van der Waals surface area contributed by atoms with E-state index in [4.69, 9.17) is 9.47 Å². The fraction of sp³-hybridized carbons (Fsp3) is 0.323. The van der Waals surface area contributed by atoms with Crippen LogP contribution in [0, 0.1) is 0 Å². The second-order valence-corrected chi connectivity index (χ2v) is 9.92. The number of carbonyl (C=O) groups excluding carboxylic acids is 3. The third kappa shape index (κ3) is 5.81. The second-order valence-electron chi connectivity index (χ2n) is 9.92. The van der Waals surface area contributed by atoms with Crippen molar-refractivity contribution in [2.45, 2.75) is 37.6 Å². The summed E-state index contributed by atoms with van der Waals surface area (Å²) in [6.07, 6.45) is 1.18. The van der Waals surface area contributed by atoms with Gasteiger partial charge >= 0.3 is 0 Å². The van der Waals surface area contributed by atoms with Crippen LogP contribution in [0.3, 0.4) is 0 Å². The molecule has 2 aliphatic rings. The lowest BCUT2D eigenvalue weighted by Crippen LogP contribution is -2.59. The van der Waals surface area contributed by atoms with E-state index >= 15 is 0 Å². The molecule has 0 radical (unpaired) electrons. The number of amides is 3. The average Bonchev–Trinajstić information content (AvgIpc) is 3.35. The normalized spacial score (nSPS) is 18.1. The molecule has 1 unspecified atom stereocenters. The molecule has 2 heterocycles. The molecule has 0 saturated carbocycles. The molecule has 0 aliphatic carbocycles. The summed E-state index contributed by atoms with van der Waals surface area (Å²) < 4.78 is 11.5. The van der Waals surface area contributed by atoms with E-state index in [1.165, 1.54) is 0 Å². The van der Waals surface area contributed by atoms with Gasteiger partial charge < -0.3 is 19.7 Å². The minimum atomic E-state index is -0.963. The van der Waals surface area contributed by atoms with Gasteiger partial charge in [-0.1, -0.05) is 60.7 Å². The maximum atomic E-state index is 13.9. The molecular formula is C31H33N3O5. The van der Waals surface area contributed by atoms with Crippen LogP contribution < -0.4 is 10.1 Å². The molecule has 1 N–H and O–H groups in total. The molecule has 1 atom stereocenters. The van der Waals surface area contributed by atoms with E-state index in [1.54, 1.807) is 36.3 Å². The van der Waals surface area contributed by atoms with Gasteiger partial charge in [0, 0.05) is 38.0 Å². The van der Waals surface area contributed by atoms with Crippen LogP contribution in [0.25, 0.3) is 0 Å². The van der Waals surface area contributed by atoms with Crippen molar-refractivity contribution in [3.05, 3.63) is 102 Å². The Balaban J connectivity index is 1.33. The summed E-state index contributed by atoms with van der Waals surface area (Å²) in [7, 11) is 1.57. The molecule has 202 valence electrons. The van der Waals surface area contributed by atoms with E-state index in [0.29, 0.717) is 50.2 Å². The van der Waals surface area contributed by atoms with Crippen LogP contribution in [0.15, 0.2) is 84.9 Å². The first kappa shape index (κ1) is 26.4. The molecule has 39 heavy (non-hydrogen) atoms. The highest BCUT2D eigenvalue weighted by atomic mass is 16.5. The van der Waals surface area contributed by atoms with Gasteiger partial charge in [-0.2, -0.15) is 0 Å². The molecule has 2 aliphatic heterocycles. The fourth-order valence-corrected chi connectivity index (χ4v) is 5.33. The molecule has 3 amide bonds. The minimum Gasteiger partial charge on any atom is -0.497 e. The number of nitrogens with one attached hydrogen (secondary N) is 1. The predicted octanol–water partition coefficient (Wildman–Crippen LogP) is 3.41. The molecule has 2 saturated heterocycles. The number of methoxy groups -OCH3 is 1. The number of rotatable bonds is 7. The Labute approximate surface area is 228 Å². The van der Waals surface area contributed by atoms with E-state index in [-0.39, 0.29) is 24.3 Å². The van der Waals surface area contributed by atoms with Gasteiger partial charge in [-0.15, -0.1) is 0 Å². The zero-order valence-electron chi connectivity index (χ0n) is 22.0. The second kappa shape index (κ2) is 11.7. The lowest BCUT2D eigenvalue weighted by molar-refractivity contribution is -0.143. The van der Waals surface area contributed by atoms with Crippen LogP contribution in [0.2, 0.25) is 0 Å². The smallest absolute Gasteiger partial charge is 0.256 e. The summed E-state index contributed by atoms with van der Waals surface area (Å²) in [6.45, 7) is 1.34.